The molecule has 3 nitrogen and oxygen atoms in total. The van der Waals surface area contributed by atoms with Gasteiger partial charge in [0.15, 0.2) is 11.5 Å². The van der Waals surface area contributed by atoms with Crippen molar-refractivity contribution in [1.29, 1.82) is 0 Å². The van der Waals surface area contributed by atoms with Crippen LogP contribution in [-0.2, 0) is 13.1 Å². The fraction of sp³-hybridized carbons (Fsp3) is 0.364. The van der Waals surface area contributed by atoms with Gasteiger partial charge in [0.2, 0.25) is 0 Å². The van der Waals surface area contributed by atoms with Crippen molar-refractivity contribution in [2.45, 2.75) is 45.9 Å². The van der Waals surface area contributed by atoms with Crippen LogP contribution in [0.5, 0.6) is 11.5 Å². The fourth-order valence-corrected chi connectivity index (χ4v) is 2.85. The Bertz CT molecular complexity index is 680. The summed E-state index contributed by atoms with van der Waals surface area (Å²) in [6.45, 7) is 11.8. The average molecular weight is 339 g/mol. The number of benzene rings is 2. The largest absolute Gasteiger partial charge is 0.493 e. The number of ether oxygens (including phenoxy) is 2. The molecule has 0 aliphatic heterocycles. The summed E-state index contributed by atoms with van der Waals surface area (Å²) in [5, 5.41) is 3.52. The number of allylic oxidation sites excluding steroid dienone is 1. The topological polar surface area (TPSA) is 30.5 Å². The summed E-state index contributed by atoms with van der Waals surface area (Å²) in [5.41, 5.74) is 3.62. The first-order chi connectivity index (χ1) is 12.1. The first-order valence-corrected chi connectivity index (χ1v) is 8.80. The molecule has 0 saturated heterocycles. The summed E-state index contributed by atoms with van der Waals surface area (Å²) in [5.74, 6) is 1.77. The van der Waals surface area contributed by atoms with Gasteiger partial charge in [-0.3, -0.25) is 0 Å². The lowest BCUT2D eigenvalue weighted by Gasteiger charge is -2.23. The highest BCUT2D eigenvalue weighted by Crippen LogP contribution is 2.39. The van der Waals surface area contributed by atoms with E-state index in [0.29, 0.717) is 0 Å². The molecule has 0 amide bonds. The first kappa shape index (κ1) is 19.1. The predicted molar refractivity (Wildman–Crippen MR) is 104 cm³/mol. The van der Waals surface area contributed by atoms with Crippen LogP contribution in [0.15, 0.2) is 55.1 Å². The summed E-state index contributed by atoms with van der Waals surface area (Å²) in [6, 6.07) is 14.5. The molecule has 0 heterocycles. The number of hydrogen-bond donors (Lipinski definition) is 1. The van der Waals surface area contributed by atoms with E-state index in [1.807, 2.05) is 32.1 Å². The SMILES string of the molecule is C=CC(C)c1c(CNCc2ccccc2)ccc(OC)c1OC(C)C. The molecule has 0 fully saturated rings. The molecule has 0 bridgehead atoms. The van der Waals surface area contributed by atoms with Gasteiger partial charge in [0.25, 0.3) is 0 Å². The molecule has 2 rings (SSSR count). The molecule has 134 valence electrons. The number of hydrogen-bond acceptors (Lipinski definition) is 3. The van der Waals surface area contributed by atoms with Gasteiger partial charge in [0.1, 0.15) is 0 Å². The zero-order valence-electron chi connectivity index (χ0n) is 15.7. The third-order valence-corrected chi connectivity index (χ3v) is 4.12. The van der Waals surface area contributed by atoms with Crippen molar-refractivity contribution in [3.05, 3.63) is 71.8 Å². The molecule has 1 unspecified atom stereocenters. The fourth-order valence-electron chi connectivity index (χ4n) is 2.85. The van der Waals surface area contributed by atoms with Crippen molar-refractivity contribution in [1.82, 2.24) is 5.32 Å². The van der Waals surface area contributed by atoms with E-state index in [1.165, 1.54) is 11.1 Å². The Morgan fingerprint density at radius 2 is 1.76 bits per heavy atom. The van der Waals surface area contributed by atoms with E-state index in [4.69, 9.17) is 9.47 Å². The highest BCUT2D eigenvalue weighted by molar-refractivity contribution is 5.53. The zero-order valence-corrected chi connectivity index (χ0v) is 15.7. The maximum absolute atomic E-state index is 6.10. The normalized spacial score (nSPS) is 12.0. The maximum atomic E-state index is 6.10. The molecular weight excluding hydrogens is 310 g/mol. The molecule has 3 heteroatoms. The summed E-state index contributed by atoms with van der Waals surface area (Å²) in [6.07, 6.45) is 2.03. The van der Waals surface area contributed by atoms with Crippen molar-refractivity contribution >= 4 is 0 Å². The van der Waals surface area contributed by atoms with Crippen molar-refractivity contribution in [2.24, 2.45) is 0 Å². The van der Waals surface area contributed by atoms with E-state index in [0.717, 1.165) is 30.2 Å². The number of methoxy groups -OCH3 is 1. The average Bonchev–Trinajstić information content (AvgIpc) is 2.62. The highest BCUT2D eigenvalue weighted by Gasteiger charge is 2.20. The van der Waals surface area contributed by atoms with Gasteiger partial charge in [-0.1, -0.05) is 49.4 Å². The van der Waals surface area contributed by atoms with Gasteiger partial charge in [-0.15, -0.1) is 6.58 Å². The van der Waals surface area contributed by atoms with Crippen molar-refractivity contribution in [3.63, 3.8) is 0 Å². The van der Waals surface area contributed by atoms with Crippen molar-refractivity contribution in [3.8, 4) is 11.5 Å². The van der Waals surface area contributed by atoms with Crippen LogP contribution in [0.1, 0.15) is 43.4 Å². The molecule has 0 radical (unpaired) electrons. The van der Waals surface area contributed by atoms with E-state index in [2.05, 4.69) is 49.2 Å². The second kappa shape index (κ2) is 9.28. The molecule has 1 atom stereocenters. The maximum Gasteiger partial charge on any atom is 0.165 e. The highest BCUT2D eigenvalue weighted by atomic mass is 16.5. The second-order valence-corrected chi connectivity index (χ2v) is 6.45. The van der Waals surface area contributed by atoms with Crippen molar-refractivity contribution in [2.75, 3.05) is 7.11 Å². The lowest BCUT2D eigenvalue weighted by Crippen LogP contribution is -2.16. The van der Waals surface area contributed by atoms with Gasteiger partial charge >= 0.3 is 0 Å². The van der Waals surface area contributed by atoms with Gasteiger partial charge in [0.05, 0.1) is 13.2 Å². The third kappa shape index (κ3) is 5.10. The lowest BCUT2D eigenvalue weighted by atomic mass is 9.93. The van der Waals surface area contributed by atoms with Crippen LogP contribution in [-0.4, -0.2) is 13.2 Å². The zero-order chi connectivity index (χ0) is 18.2. The molecule has 0 aromatic heterocycles. The van der Waals surface area contributed by atoms with Crippen LogP contribution < -0.4 is 14.8 Å². The molecule has 0 saturated carbocycles. The molecule has 1 N–H and O–H groups in total. The van der Waals surface area contributed by atoms with E-state index in [1.54, 1.807) is 7.11 Å². The molecule has 2 aromatic carbocycles. The third-order valence-electron chi connectivity index (χ3n) is 4.12. The minimum Gasteiger partial charge on any atom is -0.493 e. The Balaban J connectivity index is 2.27. The standard InChI is InChI=1S/C22H29NO2/c1-6-17(4)21-19(15-23-14-18-10-8-7-9-11-18)12-13-20(24-5)22(21)25-16(2)3/h6-13,16-17,23H,1,14-15H2,2-5H3. The number of nitrogens with one attached hydrogen (secondary N) is 1. The van der Waals surface area contributed by atoms with E-state index < -0.39 is 0 Å². The van der Waals surface area contributed by atoms with Crippen LogP contribution in [0.4, 0.5) is 0 Å². The summed E-state index contributed by atoms with van der Waals surface area (Å²) in [4.78, 5) is 0. The molecule has 25 heavy (non-hydrogen) atoms. The molecule has 2 aromatic rings. The molecule has 0 aliphatic carbocycles. The van der Waals surface area contributed by atoms with Crippen LogP contribution in [0.3, 0.4) is 0 Å². The van der Waals surface area contributed by atoms with Crippen LogP contribution in [0, 0.1) is 0 Å². The van der Waals surface area contributed by atoms with Gasteiger partial charge in [-0.05, 0) is 31.0 Å². The molecule has 0 spiro atoms. The van der Waals surface area contributed by atoms with Gasteiger partial charge < -0.3 is 14.8 Å². The van der Waals surface area contributed by atoms with E-state index in [9.17, 15) is 0 Å². The van der Waals surface area contributed by atoms with Gasteiger partial charge in [0, 0.05) is 24.6 Å². The van der Waals surface area contributed by atoms with E-state index >= 15 is 0 Å². The first-order valence-electron chi connectivity index (χ1n) is 8.80. The summed E-state index contributed by atoms with van der Waals surface area (Å²) in [7, 11) is 1.68. The minimum absolute atomic E-state index is 0.0807. The van der Waals surface area contributed by atoms with Crippen LogP contribution >= 0.6 is 0 Å². The van der Waals surface area contributed by atoms with E-state index in [-0.39, 0.29) is 12.0 Å². The number of rotatable bonds is 9. The smallest absolute Gasteiger partial charge is 0.165 e. The lowest BCUT2D eigenvalue weighted by molar-refractivity contribution is 0.227. The van der Waals surface area contributed by atoms with Gasteiger partial charge in [-0.2, -0.15) is 0 Å². The Kier molecular flexibility index (Phi) is 7.08. The Morgan fingerprint density at radius 3 is 2.36 bits per heavy atom. The molecular formula is C22H29NO2. The Morgan fingerprint density at radius 1 is 1.04 bits per heavy atom. The van der Waals surface area contributed by atoms with Crippen LogP contribution in [0.2, 0.25) is 0 Å². The Hall–Kier alpha value is -2.26. The Labute approximate surface area is 151 Å². The van der Waals surface area contributed by atoms with Crippen molar-refractivity contribution < 1.29 is 9.47 Å². The quantitative estimate of drug-likeness (QED) is 0.648. The monoisotopic (exact) mass is 339 g/mol. The summed E-state index contributed by atoms with van der Waals surface area (Å²) >= 11 is 0. The molecule has 0 aliphatic rings. The predicted octanol–water partition coefficient (Wildman–Crippen LogP) is 5.06. The minimum atomic E-state index is 0.0807. The van der Waals surface area contributed by atoms with Crippen LogP contribution in [0.25, 0.3) is 0 Å². The van der Waals surface area contributed by atoms with Gasteiger partial charge in [-0.25, -0.2) is 0 Å². The second-order valence-electron chi connectivity index (χ2n) is 6.45. The summed E-state index contributed by atoms with van der Waals surface area (Å²) < 4.78 is 11.6.